The number of esters is 1. The Bertz CT molecular complexity index is 2000. The molecule has 6 atom stereocenters. The first-order valence-electron chi connectivity index (χ1n) is 17.7. The number of hydrogen-bond donors (Lipinski definition) is 2. The summed E-state index contributed by atoms with van der Waals surface area (Å²) in [5, 5.41) is 22.3. The van der Waals surface area contributed by atoms with Crippen LogP contribution in [0.4, 0.5) is 17.1 Å². The summed E-state index contributed by atoms with van der Waals surface area (Å²) >= 11 is 0. The Kier molecular flexibility index (Phi) is 9.25. The minimum Gasteiger partial charge on any atom is -0.441 e. The maximum atomic E-state index is 14.9. The fourth-order valence-electron chi connectivity index (χ4n) is 8.80. The van der Waals surface area contributed by atoms with E-state index >= 15 is 0 Å². The van der Waals surface area contributed by atoms with Gasteiger partial charge in [-0.05, 0) is 54.4 Å². The van der Waals surface area contributed by atoms with Crippen LogP contribution in [-0.4, -0.2) is 76.7 Å². The van der Waals surface area contributed by atoms with E-state index in [-0.39, 0.29) is 43.5 Å². The number of nitro benzene ring substituents is 1. The Hall–Kier alpha value is -4.96. The van der Waals surface area contributed by atoms with Crippen molar-refractivity contribution in [3.05, 3.63) is 99.1 Å². The number of hydrogen-bond acceptors (Lipinski definition) is 10. The standard InChI is InChI=1S/C38H42N4O10Si/c1-22-36(53(3,4)50)32(17-33(45)39-20-26-8-6-5-7-25(26)15-29(39)21-43)52-38(22)30-16-28(42(48)49)13-14-31(30)40(37(38)47)19-24-9-11-27(12-10-24)41-34(46)18-35(41)51-23(2)44/h5-14,16,22,29,32,35-36,43,50H,15,17-21H2,1-4H3/t22-,29-,32+,35?,36-,38+/m0/s1. The molecule has 3 aromatic carbocycles. The summed E-state index contributed by atoms with van der Waals surface area (Å²) in [5.74, 6) is -2.11. The number of ether oxygens (including phenoxy) is 2. The van der Waals surface area contributed by atoms with Gasteiger partial charge in [0.2, 0.25) is 11.8 Å². The molecule has 4 heterocycles. The summed E-state index contributed by atoms with van der Waals surface area (Å²) in [6.07, 6.45) is -1.17. The molecular formula is C38H42N4O10Si. The van der Waals surface area contributed by atoms with Crippen molar-refractivity contribution in [2.75, 3.05) is 16.4 Å². The predicted octanol–water partition coefficient (Wildman–Crippen LogP) is 3.90. The summed E-state index contributed by atoms with van der Waals surface area (Å²) in [6.45, 7) is 6.68. The highest BCUT2D eigenvalue weighted by atomic mass is 28.4. The molecule has 7 rings (SSSR count). The molecule has 14 nitrogen and oxygen atoms in total. The molecular weight excluding hydrogens is 701 g/mol. The number of anilines is 2. The highest BCUT2D eigenvalue weighted by molar-refractivity contribution is 6.71. The first-order chi connectivity index (χ1) is 25.1. The molecule has 0 aromatic heterocycles. The second kappa shape index (κ2) is 13.5. The lowest BCUT2D eigenvalue weighted by atomic mass is 9.82. The second-order valence-electron chi connectivity index (χ2n) is 14.9. The van der Waals surface area contributed by atoms with Crippen LogP contribution < -0.4 is 9.80 Å². The van der Waals surface area contributed by atoms with Crippen LogP contribution in [0.15, 0.2) is 66.7 Å². The predicted molar refractivity (Wildman–Crippen MR) is 194 cm³/mol. The zero-order valence-corrected chi connectivity index (χ0v) is 30.9. The van der Waals surface area contributed by atoms with E-state index in [9.17, 15) is 39.2 Å². The van der Waals surface area contributed by atoms with Crippen LogP contribution in [0.1, 0.15) is 48.9 Å². The SMILES string of the molecule is CC(=O)OC1CC(=O)N1c1ccc(CN2C(=O)[C@]3(O[C@H](CC(=O)N4Cc5ccccc5C[C@H]4CO)[C@@H]([Si](C)(C)O)[C@@H]3C)c3cc([N+](=O)[O-])ccc32)cc1. The van der Waals surface area contributed by atoms with Gasteiger partial charge in [-0.2, -0.15) is 0 Å². The van der Waals surface area contributed by atoms with Gasteiger partial charge in [0.1, 0.15) is 0 Å². The number of benzene rings is 3. The van der Waals surface area contributed by atoms with Crippen LogP contribution in [0.3, 0.4) is 0 Å². The van der Waals surface area contributed by atoms with Crippen molar-refractivity contribution >= 4 is 49.1 Å². The summed E-state index contributed by atoms with van der Waals surface area (Å²) in [6, 6.07) is 18.4. The van der Waals surface area contributed by atoms with Crippen LogP contribution in [0, 0.1) is 16.0 Å². The molecule has 0 aliphatic carbocycles. The summed E-state index contributed by atoms with van der Waals surface area (Å²) in [4.78, 5) is 80.6. The molecule has 278 valence electrons. The second-order valence-corrected chi connectivity index (χ2v) is 18.9. The lowest BCUT2D eigenvalue weighted by molar-refractivity contribution is -0.385. The molecule has 0 bridgehead atoms. The van der Waals surface area contributed by atoms with Crippen LogP contribution in [-0.2, 0) is 53.8 Å². The van der Waals surface area contributed by atoms with E-state index in [4.69, 9.17) is 9.47 Å². The van der Waals surface area contributed by atoms with Crippen LogP contribution >= 0.6 is 0 Å². The van der Waals surface area contributed by atoms with Gasteiger partial charge < -0.3 is 29.2 Å². The zero-order chi connectivity index (χ0) is 38.0. The Labute approximate surface area is 307 Å². The van der Waals surface area contributed by atoms with Crippen LogP contribution in [0.2, 0.25) is 18.6 Å². The lowest BCUT2D eigenvalue weighted by Gasteiger charge is -2.39. The normalized spacial score (nSPS) is 26.4. The molecule has 2 N–H and O–H groups in total. The highest BCUT2D eigenvalue weighted by Gasteiger charge is 2.67. The number of aliphatic hydroxyl groups excluding tert-OH is 1. The molecule has 1 spiro atoms. The third-order valence-corrected chi connectivity index (χ3v) is 13.7. The Morgan fingerprint density at radius 3 is 2.38 bits per heavy atom. The third-order valence-electron chi connectivity index (χ3n) is 11.2. The van der Waals surface area contributed by atoms with Gasteiger partial charge in [-0.15, -0.1) is 0 Å². The van der Waals surface area contributed by atoms with Crippen molar-refractivity contribution < 1.29 is 43.5 Å². The minimum atomic E-state index is -3.18. The number of rotatable bonds is 9. The quantitative estimate of drug-likeness (QED) is 0.107. The van der Waals surface area contributed by atoms with Gasteiger partial charge in [0, 0.05) is 48.3 Å². The van der Waals surface area contributed by atoms with Crippen molar-refractivity contribution in [1.82, 2.24) is 4.90 Å². The fraction of sp³-hybridized carbons (Fsp3) is 0.421. The van der Waals surface area contributed by atoms with Crippen LogP contribution in [0.25, 0.3) is 0 Å². The number of amides is 3. The summed E-state index contributed by atoms with van der Waals surface area (Å²) in [7, 11) is -3.18. The van der Waals surface area contributed by atoms with Crippen molar-refractivity contribution in [3.8, 4) is 0 Å². The average Bonchev–Trinajstić information content (AvgIpc) is 3.53. The molecule has 0 saturated carbocycles. The maximum Gasteiger partial charge on any atom is 0.304 e. The molecule has 3 amide bonds. The topological polar surface area (TPSA) is 180 Å². The van der Waals surface area contributed by atoms with Crippen LogP contribution in [0.5, 0.6) is 0 Å². The third kappa shape index (κ3) is 6.20. The van der Waals surface area contributed by atoms with E-state index in [1.165, 1.54) is 34.9 Å². The first-order valence-corrected chi connectivity index (χ1v) is 20.7. The van der Waals surface area contributed by atoms with Crippen molar-refractivity contribution in [2.45, 2.75) is 88.8 Å². The smallest absolute Gasteiger partial charge is 0.304 e. The van der Waals surface area contributed by atoms with E-state index in [0.717, 1.165) is 11.1 Å². The van der Waals surface area contributed by atoms with Gasteiger partial charge in [0.15, 0.2) is 20.1 Å². The monoisotopic (exact) mass is 742 g/mol. The van der Waals surface area contributed by atoms with E-state index in [1.54, 1.807) is 49.2 Å². The van der Waals surface area contributed by atoms with E-state index in [1.807, 2.05) is 24.3 Å². The van der Waals surface area contributed by atoms with Gasteiger partial charge in [0.05, 0.1) is 48.7 Å². The van der Waals surface area contributed by atoms with Crippen molar-refractivity contribution in [1.29, 1.82) is 0 Å². The number of carbonyl (C=O) groups excluding carboxylic acids is 4. The average molecular weight is 743 g/mol. The zero-order valence-electron chi connectivity index (χ0n) is 29.9. The minimum absolute atomic E-state index is 0.0582. The molecule has 4 aliphatic heterocycles. The van der Waals surface area contributed by atoms with Gasteiger partial charge in [-0.3, -0.25) is 34.2 Å². The summed E-state index contributed by atoms with van der Waals surface area (Å²) < 4.78 is 12.0. The molecule has 53 heavy (non-hydrogen) atoms. The maximum absolute atomic E-state index is 14.9. The van der Waals surface area contributed by atoms with Gasteiger partial charge in [0.25, 0.3) is 11.6 Å². The van der Waals surface area contributed by atoms with E-state index in [0.29, 0.717) is 35.5 Å². The number of nitro groups is 1. The first kappa shape index (κ1) is 36.4. The Morgan fingerprint density at radius 1 is 1.06 bits per heavy atom. The number of non-ortho nitro benzene ring substituents is 1. The lowest BCUT2D eigenvalue weighted by Crippen LogP contribution is -2.54. The van der Waals surface area contributed by atoms with Gasteiger partial charge in [-0.1, -0.05) is 43.3 Å². The number of carbonyl (C=O) groups is 4. The number of β-lactam (4-membered cyclic amide) rings is 1. The van der Waals surface area contributed by atoms with Crippen molar-refractivity contribution in [3.63, 3.8) is 0 Å². The van der Waals surface area contributed by atoms with E-state index in [2.05, 4.69) is 0 Å². The molecule has 2 fully saturated rings. The summed E-state index contributed by atoms with van der Waals surface area (Å²) in [5.41, 5.74) is 1.41. The number of aliphatic hydroxyl groups is 1. The molecule has 2 saturated heterocycles. The van der Waals surface area contributed by atoms with Gasteiger partial charge in [-0.25, -0.2) is 0 Å². The van der Waals surface area contributed by atoms with Crippen molar-refractivity contribution in [2.24, 2.45) is 5.92 Å². The Balaban J connectivity index is 1.21. The molecule has 3 aromatic rings. The van der Waals surface area contributed by atoms with E-state index < -0.39 is 60.6 Å². The Morgan fingerprint density at radius 2 is 1.75 bits per heavy atom. The molecule has 15 heteroatoms. The van der Waals surface area contributed by atoms with Gasteiger partial charge >= 0.3 is 5.97 Å². The number of nitrogens with zero attached hydrogens (tertiary/aromatic N) is 4. The molecule has 4 aliphatic rings. The number of fused-ring (bicyclic) bond motifs is 3. The highest BCUT2D eigenvalue weighted by Crippen LogP contribution is 2.60. The fourth-order valence-corrected chi connectivity index (χ4v) is 11.3. The molecule has 0 radical (unpaired) electrons. The largest absolute Gasteiger partial charge is 0.441 e. The molecule has 1 unspecified atom stereocenters.